The zero-order valence-corrected chi connectivity index (χ0v) is 13.1. The van der Waals surface area contributed by atoms with E-state index in [1.54, 1.807) is 29.6 Å². The maximum Gasteiger partial charge on any atom is 0.243 e. The first kappa shape index (κ1) is 15.3. The largest absolute Gasteiger partial charge is 0.496 e. The molecule has 5 nitrogen and oxygen atoms in total. The summed E-state index contributed by atoms with van der Waals surface area (Å²) in [5.74, 6) is 0.708. The first-order valence-electron chi connectivity index (χ1n) is 6.86. The van der Waals surface area contributed by atoms with E-state index in [1.165, 1.54) is 0 Å². The molecule has 2 rings (SSSR count). The van der Waals surface area contributed by atoms with Gasteiger partial charge in [-0.15, -0.1) is 0 Å². The molecule has 0 aromatic heterocycles. The first-order valence-corrected chi connectivity index (χ1v) is 8.30. The van der Waals surface area contributed by atoms with E-state index in [1.807, 2.05) is 6.92 Å². The molecule has 112 valence electrons. The smallest absolute Gasteiger partial charge is 0.243 e. The molecule has 1 aliphatic heterocycles. The fraction of sp³-hybridized carbons (Fsp3) is 0.571. The van der Waals surface area contributed by atoms with E-state index in [0.717, 1.165) is 25.2 Å². The van der Waals surface area contributed by atoms with Crippen molar-refractivity contribution in [1.82, 2.24) is 9.21 Å². The second-order valence-corrected chi connectivity index (χ2v) is 6.91. The van der Waals surface area contributed by atoms with Gasteiger partial charge in [0.25, 0.3) is 0 Å². The van der Waals surface area contributed by atoms with Crippen LogP contribution in [0.5, 0.6) is 5.75 Å². The summed E-state index contributed by atoms with van der Waals surface area (Å²) in [6, 6.07) is 5.01. The summed E-state index contributed by atoms with van der Waals surface area (Å²) in [5.41, 5.74) is 0.834. The number of sulfonamides is 1. The minimum absolute atomic E-state index is 0.348. The second-order valence-electron chi connectivity index (χ2n) is 4.97. The number of methoxy groups -OCH3 is 1. The summed E-state index contributed by atoms with van der Waals surface area (Å²) in [6.07, 6.45) is 0. The summed E-state index contributed by atoms with van der Waals surface area (Å²) in [7, 11) is -1.81. The number of hydrogen-bond donors (Lipinski definition) is 0. The summed E-state index contributed by atoms with van der Waals surface area (Å²) in [4.78, 5) is 2.60. The van der Waals surface area contributed by atoms with Crippen molar-refractivity contribution in [3.05, 3.63) is 23.8 Å². The summed E-state index contributed by atoms with van der Waals surface area (Å²) in [5, 5.41) is 0. The van der Waals surface area contributed by atoms with E-state index in [2.05, 4.69) is 11.8 Å². The van der Waals surface area contributed by atoms with Crippen LogP contribution in [0.25, 0.3) is 0 Å². The van der Waals surface area contributed by atoms with Crippen molar-refractivity contribution < 1.29 is 13.2 Å². The number of benzene rings is 1. The summed E-state index contributed by atoms with van der Waals surface area (Å²) in [6.45, 7) is 7.62. The molecule has 0 N–H and O–H groups in total. The zero-order chi connectivity index (χ0) is 14.8. The minimum Gasteiger partial charge on any atom is -0.496 e. The molecule has 1 saturated heterocycles. The average molecular weight is 298 g/mol. The zero-order valence-electron chi connectivity index (χ0n) is 12.3. The summed E-state index contributed by atoms with van der Waals surface area (Å²) < 4.78 is 31.9. The van der Waals surface area contributed by atoms with Gasteiger partial charge in [0.2, 0.25) is 10.0 Å². The monoisotopic (exact) mass is 298 g/mol. The van der Waals surface area contributed by atoms with Gasteiger partial charge in [-0.1, -0.05) is 6.92 Å². The molecule has 1 aliphatic rings. The van der Waals surface area contributed by atoms with Crippen LogP contribution in [-0.4, -0.2) is 57.5 Å². The molecule has 1 aromatic rings. The lowest BCUT2D eigenvalue weighted by molar-refractivity contribution is 0.196. The molecular formula is C14H22N2O3S. The van der Waals surface area contributed by atoms with Crippen LogP contribution in [0.15, 0.2) is 23.1 Å². The summed E-state index contributed by atoms with van der Waals surface area (Å²) >= 11 is 0. The standard InChI is InChI=1S/C14H22N2O3S/c1-4-15-7-9-16(10-8-15)20(17,18)13-5-6-14(19-3)12(2)11-13/h5-6,11H,4,7-10H2,1-3H3. The SMILES string of the molecule is CCN1CCN(S(=O)(=O)c2ccc(OC)c(C)c2)CC1. The third-order valence-corrected chi connectivity index (χ3v) is 5.68. The number of aryl methyl sites for hydroxylation is 1. The van der Waals surface area contributed by atoms with Crippen molar-refractivity contribution in [2.75, 3.05) is 39.8 Å². The van der Waals surface area contributed by atoms with Gasteiger partial charge in [0.05, 0.1) is 12.0 Å². The molecule has 0 spiro atoms. The third kappa shape index (κ3) is 2.97. The highest BCUT2D eigenvalue weighted by atomic mass is 32.2. The molecule has 0 saturated carbocycles. The Labute approximate surface area is 121 Å². The second kappa shape index (κ2) is 6.11. The van der Waals surface area contributed by atoms with Crippen molar-refractivity contribution in [3.8, 4) is 5.75 Å². The highest BCUT2D eigenvalue weighted by Crippen LogP contribution is 2.24. The topological polar surface area (TPSA) is 49.9 Å². The lowest BCUT2D eigenvalue weighted by Gasteiger charge is -2.33. The molecule has 1 fully saturated rings. The fourth-order valence-corrected chi connectivity index (χ4v) is 3.95. The Bertz CT molecular complexity index is 564. The molecular weight excluding hydrogens is 276 g/mol. The lowest BCUT2D eigenvalue weighted by Crippen LogP contribution is -2.48. The molecule has 6 heteroatoms. The van der Waals surface area contributed by atoms with Crippen LogP contribution in [0.2, 0.25) is 0 Å². The highest BCUT2D eigenvalue weighted by Gasteiger charge is 2.28. The van der Waals surface area contributed by atoms with Gasteiger partial charge < -0.3 is 9.64 Å². The van der Waals surface area contributed by atoms with E-state index >= 15 is 0 Å². The highest BCUT2D eigenvalue weighted by molar-refractivity contribution is 7.89. The Morgan fingerprint density at radius 2 is 1.85 bits per heavy atom. The molecule has 0 atom stereocenters. The van der Waals surface area contributed by atoms with Crippen LogP contribution in [0.4, 0.5) is 0 Å². The molecule has 1 aromatic carbocycles. The van der Waals surface area contributed by atoms with E-state index in [0.29, 0.717) is 23.7 Å². The Hall–Kier alpha value is -1.11. The van der Waals surface area contributed by atoms with E-state index in [4.69, 9.17) is 4.74 Å². The van der Waals surface area contributed by atoms with Gasteiger partial charge in [-0.2, -0.15) is 4.31 Å². The van der Waals surface area contributed by atoms with Crippen molar-refractivity contribution in [3.63, 3.8) is 0 Å². The number of nitrogens with zero attached hydrogens (tertiary/aromatic N) is 2. The van der Waals surface area contributed by atoms with Crippen molar-refractivity contribution in [1.29, 1.82) is 0 Å². The predicted octanol–water partition coefficient (Wildman–Crippen LogP) is 1.33. The maximum atomic E-state index is 12.6. The maximum absolute atomic E-state index is 12.6. The Kier molecular flexibility index (Phi) is 4.67. The molecule has 0 radical (unpaired) electrons. The van der Waals surface area contributed by atoms with Gasteiger partial charge in [-0.05, 0) is 37.2 Å². The number of likely N-dealkylation sites (N-methyl/N-ethyl adjacent to an activating group) is 1. The molecule has 0 unspecified atom stereocenters. The number of rotatable bonds is 4. The quantitative estimate of drug-likeness (QED) is 0.841. The van der Waals surface area contributed by atoms with Gasteiger partial charge in [0.15, 0.2) is 0 Å². The molecule has 1 heterocycles. The van der Waals surface area contributed by atoms with Crippen LogP contribution >= 0.6 is 0 Å². The van der Waals surface area contributed by atoms with Gasteiger partial charge in [-0.3, -0.25) is 0 Å². The van der Waals surface area contributed by atoms with E-state index < -0.39 is 10.0 Å². The Morgan fingerprint density at radius 3 is 2.35 bits per heavy atom. The first-order chi connectivity index (χ1) is 9.48. The van der Waals surface area contributed by atoms with E-state index in [9.17, 15) is 8.42 Å². The fourth-order valence-electron chi connectivity index (χ4n) is 2.45. The van der Waals surface area contributed by atoms with Crippen molar-refractivity contribution >= 4 is 10.0 Å². The number of hydrogen-bond acceptors (Lipinski definition) is 4. The Morgan fingerprint density at radius 1 is 1.20 bits per heavy atom. The van der Waals surface area contributed by atoms with Crippen LogP contribution < -0.4 is 4.74 Å². The Balaban J connectivity index is 2.20. The average Bonchev–Trinajstić information content (AvgIpc) is 2.47. The van der Waals surface area contributed by atoms with Gasteiger partial charge in [0, 0.05) is 26.2 Å². The third-order valence-electron chi connectivity index (χ3n) is 3.78. The predicted molar refractivity (Wildman–Crippen MR) is 78.6 cm³/mol. The van der Waals surface area contributed by atoms with Gasteiger partial charge >= 0.3 is 0 Å². The molecule has 0 amide bonds. The van der Waals surface area contributed by atoms with Gasteiger partial charge in [0.1, 0.15) is 5.75 Å². The molecule has 20 heavy (non-hydrogen) atoms. The normalized spacial score (nSPS) is 18.1. The van der Waals surface area contributed by atoms with E-state index in [-0.39, 0.29) is 0 Å². The molecule has 0 aliphatic carbocycles. The van der Waals surface area contributed by atoms with Crippen LogP contribution in [0.1, 0.15) is 12.5 Å². The lowest BCUT2D eigenvalue weighted by atomic mass is 10.2. The van der Waals surface area contributed by atoms with Crippen LogP contribution in [0, 0.1) is 6.92 Å². The van der Waals surface area contributed by atoms with Crippen molar-refractivity contribution in [2.45, 2.75) is 18.7 Å². The van der Waals surface area contributed by atoms with Crippen LogP contribution in [-0.2, 0) is 10.0 Å². The number of ether oxygens (including phenoxy) is 1. The van der Waals surface area contributed by atoms with Crippen molar-refractivity contribution in [2.24, 2.45) is 0 Å². The minimum atomic E-state index is -3.39. The molecule has 0 bridgehead atoms. The van der Waals surface area contributed by atoms with Gasteiger partial charge in [-0.25, -0.2) is 8.42 Å². The van der Waals surface area contributed by atoms with Crippen LogP contribution in [0.3, 0.4) is 0 Å². The number of piperazine rings is 1.